The Bertz CT molecular complexity index is 506. The summed E-state index contributed by atoms with van der Waals surface area (Å²) in [6.07, 6.45) is 1.71. The Kier molecular flexibility index (Phi) is 3.94. The van der Waals surface area contributed by atoms with Crippen molar-refractivity contribution in [1.29, 1.82) is 0 Å². The van der Waals surface area contributed by atoms with E-state index in [1.54, 1.807) is 18.3 Å². The summed E-state index contributed by atoms with van der Waals surface area (Å²) in [5.74, 6) is 0.435. The summed E-state index contributed by atoms with van der Waals surface area (Å²) >= 11 is 1.41. The Morgan fingerprint density at radius 1 is 1.33 bits per heavy atom. The summed E-state index contributed by atoms with van der Waals surface area (Å²) < 4.78 is 0. The number of thiophene rings is 1. The Morgan fingerprint density at radius 2 is 2.17 bits per heavy atom. The molecule has 0 aliphatic carbocycles. The minimum Gasteiger partial charge on any atom is -0.382 e. The smallest absolute Gasteiger partial charge is 0.266 e. The van der Waals surface area contributed by atoms with Crippen molar-refractivity contribution in [1.82, 2.24) is 4.98 Å². The van der Waals surface area contributed by atoms with Crippen LogP contribution >= 0.6 is 11.3 Å². The molecule has 1 amide bonds. The number of hydrogen-bond donors (Lipinski definition) is 2. The molecule has 0 aliphatic rings. The third kappa shape index (κ3) is 3.30. The summed E-state index contributed by atoms with van der Waals surface area (Å²) in [5, 5.41) is 7.87. The van der Waals surface area contributed by atoms with E-state index in [1.807, 2.05) is 17.5 Å². The van der Waals surface area contributed by atoms with Crippen molar-refractivity contribution in [3.05, 3.63) is 40.7 Å². The molecule has 0 radical (unpaired) electrons. The molecule has 2 rings (SSSR count). The second kappa shape index (κ2) is 5.64. The van der Waals surface area contributed by atoms with Gasteiger partial charge in [0.15, 0.2) is 0 Å². The summed E-state index contributed by atoms with van der Waals surface area (Å²) in [7, 11) is 0. The normalized spacial score (nSPS) is 10.4. The van der Waals surface area contributed by atoms with E-state index in [9.17, 15) is 4.79 Å². The van der Waals surface area contributed by atoms with Crippen molar-refractivity contribution in [2.75, 3.05) is 10.6 Å². The average molecular weight is 261 g/mol. The number of pyridine rings is 1. The molecular weight excluding hydrogens is 246 g/mol. The fourth-order valence-electron chi connectivity index (χ4n) is 1.47. The largest absolute Gasteiger partial charge is 0.382 e. The molecule has 4 nitrogen and oxygen atoms in total. The van der Waals surface area contributed by atoms with Gasteiger partial charge in [0.05, 0.1) is 16.8 Å². The van der Waals surface area contributed by atoms with Crippen molar-refractivity contribution in [3.8, 4) is 0 Å². The maximum atomic E-state index is 11.8. The van der Waals surface area contributed by atoms with Gasteiger partial charge in [0.1, 0.15) is 5.82 Å². The van der Waals surface area contributed by atoms with Crippen molar-refractivity contribution in [2.24, 2.45) is 0 Å². The molecule has 0 aliphatic heterocycles. The molecule has 0 bridgehead atoms. The summed E-state index contributed by atoms with van der Waals surface area (Å²) in [6.45, 7) is 4.12. The van der Waals surface area contributed by atoms with Gasteiger partial charge >= 0.3 is 0 Å². The summed E-state index contributed by atoms with van der Waals surface area (Å²) in [5.41, 5.74) is 0.944. The van der Waals surface area contributed by atoms with Gasteiger partial charge in [-0.15, -0.1) is 11.3 Å². The zero-order valence-corrected chi connectivity index (χ0v) is 11.1. The van der Waals surface area contributed by atoms with Crippen molar-refractivity contribution < 1.29 is 4.79 Å². The fraction of sp³-hybridized carbons (Fsp3) is 0.231. The van der Waals surface area contributed by atoms with Crippen LogP contribution in [0.5, 0.6) is 0 Å². The molecule has 2 aromatic heterocycles. The lowest BCUT2D eigenvalue weighted by Gasteiger charge is -2.10. The number of anilines is 2. The van der Waals surface area contributed by atoms with Crippen LogP contribution in [-0.2, 0) is 0 Å². The molecule has 0 spiro atoms. The van der Waals surface area contributed by atoms with Gasteiger partial charge in [-0.3, -0.25) is 4.79 Å². The number of carbonyl (C=O) groups is 1. The molecule has 2 aromatic rings. The molecule has 2 heterocycles. The van der Waals surface area contributed by atoms with Gasteiger partial charge in [0, 0.05) is 6.04 Å². The lowest BCUT2D eigenvalue weighted by molar-refractivity contribution is 0.103. The van der Waals surface area contributed by atoms with Gasteiger partial charge in [0.25, 0.3) is 5.91 Å². The minimum atomic E-state index is -0.123. The second-order valence-corrected chi connectivity index (χ2v) is 5.11. The van der Waals surface area contributed by atoms with Crippen LogP contribution in [0, 0.1) is 0 Å². The van der Waals surface area contributed by atoms with E-state index in [-0.39, 0.29) is 5.91 Å². The highest BCUT2D eigenvalue weighted by Gasteiger charge is 2.07. The average Bonchev–Trinajstić information content (AvgIpc) is 2.84. The highest BCUT2D eigenvalue weighted by molar-refractivity contribution is 7.12. The zero-order chi connectivity index (χ0) is 13.0. The van der Waals surface area contributed by atoms with Gasteiger partial charge in [-0.25, -0.2) is 4.98 Å². The number of aromatic nitrogens is 1. The first kappa shape index (κ1) is 12.6. The standard InChI is InChI=1S/C13H15N3OS/c1-9(2)15-10-5-6-12(14-8-10)16-13(17)11-4-3-7-18-11/h3-9,15H,1-2H3,(H,14,16,17). The van der Waals surface area contributed by atoms with Crippen LogP contribution in [0.2, 0.25) is 0 Å². The molecule has 0 unspecified atom stereocenters. The van der Waals surface area contributed by atoms with E-state index in [1.165, 1.54) is 11.3 Å². The lowest BCUT2D eigenvalue weighted by Crippen LogP contribution is -2.12. The Labute approximate surface area is 110 Å². The topological polar surface area (TPSA) is 54.0 Å². The number of amides is 1. The number of carbonyl (C=O) groups excluding carboxylic acids is 1. The predicted octanol–water partition coefficient (Wildman–Crippen LogP) is 3.22. The quantitative estimate of drug-likeness (QED) is 0.888. The summed E-state index contributed by atoms with van der Waals surface area (Å²) in [4.78, 5) is 16.7. The van der Waals surface area contributed by atoms with E-state index in [4.69, 9.17) is 0 Å². The molecule has 0 fully saturated rings. The first-order chi connectivity index (χ1) is 8.65. The van der Waals surface area contributed by atoms with Gasteiger partial charge in [0.2, 0.25) is 0 Å². The van der Waals surface area contributed by atoms with Crippen LogP contribution in [-0.4, -0.2) is 16.9 Å². The predicted molar refractivity (Wildman–Crippen MR) is 75.3 cm³/mol. The Morgan fingerprint density at radius 3 is 2.72 bits per heavy atom. The molecule has 2 N–H and O–H groups in total. The first-order valence-corrected chi connectivity index (χ1v) is 6.60. The second-order valence-electron chi connectivity index (χ2n) is 4.16. The Balaban J connectivity index is 2.00. The zero-order valence-electron chi connectivity index (χ0n) is 10.3. The first-order valence-electron chi connectivity index (χ1n) is 5.72. The van der Waals surface area contributed by atoms with Gasteiger partial charge in [-0.1, -0.05) is 6.07 Å². The van der Waals surface area contributed by atoms with E-state index in [2.05, 4.69) is 29.5 Å². The van der Waals surface area contributed by atoms with E-state index < -0.39 is 0 Å². The van der Waals surface area contributed by atoms with Crippen molar-refractivity contribution in [3.63, 3.8) is 0 Å². The molecule has 0 saturated heterocycles. The number of nitrogens with one attached hydrogen (secondary N) is 2. The number of rotatable bonds is 4. The van der Waals surface area contributed by atoms with Gasteiger partial charge in [-0.05, 0) is 37.4 Å². The highest BCUT2D eigenvalue weighted by atomic mass is 32.1. The maximum Gasteiger partial charge on any atom is 0.266 e. The third-order valence-electron chi connectivity index (χ3n) is 2.21. The van der Waals surface area contributed by atoms with Gasteiger partial charge < -0.3 is 10.6 Å². The van der Waals surface area contributed by atoms with E-state index in [0.717, 1.165) is 5.69 Å². The lowest BCUT2D eigenvalue weighted by atomic mass is 10.3. The number of nitrogens with zero attached hydrogens (tertiary/aromatic N) is 1. The van der Waals surface area contributed by atoms with Crippen LogP contribution < -0.4 is 10.6 Å². The Hall–Kier alpha value is -1.88. The monoisotopic (exact) mass is 261 g/mol. The molecule has 0 saturated carbocycles. The van der Waals surface area contributed by atoms with Crippen LogP contribution in [0.3, 0.4) is 0 Å². The van der Waals surface area contributed by atoms with Crippen molar-refractivity contribution in [2.45, 2.75) is 19.9 Å². The van der Waals surface area contributed by atoms with Crippen LogP contribution in [0.25, 0.3) is 0 Å². The van der Waals surface area contributed by atoms with Gasteiger partial charge in [-0.2, -0.15) is 0 Å². The molecular formula is C13H15N3OS. The van der Waals surface area contributed by atoms with E-state index in [0.29, 0.717) is 16.7 Å². The SMILES string of the molecule is CC(C)Nc1ccc(NC(=O)c2cccs2)nc1. The molecule has 0 aromatic carbocycles. The molecule has 0 atom stereocenters. The summed E-state index contributed by atoms with van der Waals surface area (Å²) in [6, 6.07) is 7.68. The van der Waals surface area contributed by atoms with Crippen molar-refractivity contribution >= 4 is 28.7 Å². The molecule has 5 heteroatoms. The third-order valence-corrected chi connectivity index (χ3v) is 3.07. The van der Waals surface area contributed by atoms with Crippen LogP contribution in [0.15, 0.2) is 35.8 Å². The molecule has 18 heavy (non-hydrogen) atoms. The molecule has 94 valence electrons. The number of hydrogen-bond acceptors (Lipinski definition) is 4. The maximum absolute atomic E-state index is 11.8. The fourth-order valence-corrected chi connectivity index (χ4v) is 2.09. The highest BCUT2D eigenvalue weighted by Crippen LogP contribution is 2.14. The van der Waals surface area contributed by atoms with E-state index >= 15 is 0 Å². The van der Waals surface area contributed by atoms with Crippen LogP contribution in [0.4, 0.5) is 11.5 Å². The van der Waals surface area contributed by atoms with Crippen LogP contribution in [0.1, 0.15) is 23.5 Å². The minimum absolute atomic E-state index is 0.123.